The van der Waals surface area contributed by atoms with Crippen LogP contribution in [0.5, 0.6) is 0 Å². The van der Waals surface area contributed by atoms with E-state index in [-0.39, 0.29) is 5.91 Å². The van der Waals surface area contributed by atoms with Crippen LogP contribution < -0.4 is 10.6 Å². The van der Waals surface area contributed by atoms with Crippen LogP contribution in [0.25, 0.3) is 0 Å². The lowest BCUT2D eigenvalue weighted by Gasteiger charge is -2.09. The van der Waals surface area contributed by atoms with Crippen LogP contribution in [-0.4, -0.2) is 22.4 Å². The molecule has 0 atom stereocenters. The van der Waals surface area contributed by atoms with Gasteiger partial charge >= 0.3 is 0 Å². The Bertz CT molecular complexity index is 660. The third-order valence-electron chi connectivity index (χ3n) is 2.98. The van der Waals surface area contributed by atoms with Crippen molar-refractivity contribution in [2.45, 2.75) is 26.7 Å². The first-order chi connectivity index (χ1) is 10.6. The lowest BCUT2D eigenvalue weighted by molar-refractivity contribution is 0.0948. The van der Waals surface area contributed by atoms with Crippen molar-refractivity contribution in [3.63, 3.8) is 0 Å². The predicted molar refractivity (Wildman–Crippen MR) is 88.7 cm³/mol. The summed E-state index contributed by atoms with van der Waals surface area (Å²) < 4.78 is 0. The van der Waals surface area contributed by atoms with E-state index in [2.05, 4.69) is 27.5 Å². The monoisotopic (exact) mass is 318 g/mol. The van der Waals surface area contributed by atoms with Gasteiger partial charge in [-0.25, -0.2) is 9.97 Å². The molecule has 0 saturated carbocycles. The molecule has 1 aromatic carbocycles. The number of amides is 1. The molecule has 1 amide bonds. The highest BCUT2D eigenvalue weighted by atomic mass is 35.5. The first kappa shape index (κ1) is 16.2. The Balaban J connectivity index is 2.14. The molecule has 0 fully saturated rings. The molecule has 0 bridgehead atoms. The summed E-state index contributed by atoms with van der Waals surface area (Å²) in [5.74, 6) is 0.913. The van der Waals surface area contributed by atoms with Crippen molar-refractivity contribution in [2.24, 2.45) is 0 Å². The first-order valence-corrected chi connectivity index (χ1v) is 7.62. The fourth-order valence-corrected chi connectivity index (χ4v) is 2.12. The number of aryl methyl sites for hydroxylation is 1. The molecule has 1 heterocycles. The Morgan fingerprint density at radius 1 is 1.27 bits per heavy atom. The first-order valence-electron chi connectivity index (χ1n) is 7.25. The molecule has 116 valence electrons. The Hall–Kier alpha value is -2.14. The number of hydrogen-bond acceptors (Lipinski definition) is 4. The van der Waals surface area contributed by atoms with Gasteiger partial charge in [0.15, 0.2) is 0 Å². The highest BCUT2D eigenvalue weighted by molar-refractivity contribution is 6.30. The molecule has 0 unspecified atom stereocenters. The smallest absolute Gasteiger partial charge is 0.270 e. The van der Waals surface area contributed by atoms with Gasteiger partial charge in [-0.1, -0.05) is 31.0 Å². The fourth-order valence-electron chi connectivity index (χ4n) is 1.93. The zero-order valence-corrected chi connectivity index (χ0v) is 13.4. The molecule has 2 rings (SSSR count). The summed E-state index contributed by atoms with van der Waals surface area (Å²) in [6.07, 6.45) is 1.98. The standard InChI is InChI=1S/C16H19ClN4O/c1-3-4-8-18-16(22)14-10-15(20-11(2)19-14)21-13-7-5-6-12(17)9-13/h5-7,9-10H,3-4,8H2,1-2H3,(H,18,22)(H,19,20,21). The second kappa shape index (κ2) is 7.75. The topological polar surface area (TPSA) is 66.9 Å². The van der Waals surface area contributed by atoms with Crippen molar-refractivity contribution in [3.05, 3.63) is 46.9 Å². The Morgan fingerprint density at radius 2 is 2.09 bits per heavy atom. The van der Waals surface area contributed by atoms with Crippen LogP contribution in [0.1, 0.15) is 36.1 Å². The number of anilines is 2. The van der Waals surface area contributed by atoms with Gasteiger partial charge in [0.05, 0.1) is 0 Å². The summed E-state index contributed by atoms with van der Waals surface area (Å²) in [5.41, 5.74) is 1.16. The maximum atomic E-state index is 12.1. The van der Waals surface area contributed by atoms with Gasteiger partial charge in [0, 0.05) is 23.3 Å². The number of rotatable bonds is 6. The molecule has 5 nitrogen and oxygen atoms in total. The van der Waals surface area contributed by atoms with E-state index in [1.807, 2.05) is 12.1 Å². The zero-order chi connectivity index (χ0) is 15.9. The van der Waals surface area contributed by atoms with Crippen molar-refractivity contribution in [2.75, 3.05) is 11.9 Å². The van der Waals surface area contributed by atoms with Gasteiger partial charge in [0.1, 0.15) is 17.3 Å². The lowest BCUT2D eigenvalue weighted by atomic mass is 10.3. The molecule has 22 heavy (non-hydrogen) atoms. The Morgan fingerprint density at radius 3 is 2.82 bits per heavy atom. The van der Waals surface area contributed by atoms with Crippen LogP contribution in [0.2, 0.25) is 5.02 Å². The van der Waals surface area contributed by atoms with Crippen molar-refractivity contribution in [3.8, 4) is 0 Å². The summed E-state index contributed by atoms with van der Waals surface area (Å²) in [4.78, 5) is 20.6. The van der Waals surface area contributed by atoms with E-state index in [1.54, 1.807) is 25.1 Å². The quantitative estimate of drug-likeness (QED) is 0.797. The van der Waals surface area contributed by atoms with E-state index in [0.29, 0.717) is 28.9 Å². The van der Waals surface area contributed by atoms with E-state index in [9.17, 15) is 4.79 Å². The van der Waals surface area contributed by atoms with E-state index >= 15 is 0 Å². The molecule has 0 radical (unpaired) electrons. The summed E-state index contributed by atoms with van der Waals surface area (Å²) in [6, 6.07) is 8.95. The lowest BCUT2D eigenvalue weighted by Crippen LogP contribution is -2.25. The summed E-state index contributed by atoms with van der Waals surface area (Å²) in [7, 11) is 0. The van der Waals surface area contributed by atoms with Crippen molar-refractivity contribution in [1.82, 2.24) is 15.3 Å². The minimum Gasteiger partial charge on any atom is -0.351 e. The molecule has 1 aromatic heterocycles. The number of nitrogens with one attached hydrogen (secondary N) is 2. The van der Waals surface area contributed by atoms with Crippen molar-refractivity contribution >= 4 is 29.0 Å². The minimum absolute atomic E-state index is 0.187. The minimum atomic E-state index is -0.187. The normalized spacial score (nSPS) is 10.3. The van der Waals surface area contributed by atoms with E-state index in [1.165, 1.54) is 0 Å². The molecule has 2 N–H and O–H groups in total. The van der Waals surface area contributed by atoms with Crippen LogP contribution in [0.3, 0.4) is 0 Å². The highest BCUT2D eigenvalue weighted by Crippen LogP contribution is 2.19. The zero-order valence-electron chi connectivity index (χ0n) is 12.7. The van der Waals surface area contributed by atoms with Gasteiger partial charge in [-0.3, -0.25) is 4.79 Å². The molecular formula is C16H19ClN4O. The van der Waals surface area contributed by atoms with Crippen molar-refractivity contribution in [1.29, 1.82) is 0 Å². The summed E-state index contributed by atoms with van der Waals surface area (Å²) in [6.45, 7) is 4.48. The SMILES string of the molecule is CCCCNC(=O)c1cc(Nc2cccc(Cl)c2)nc(C)n1. The number of carbonyl (C=O) groups is 1. The number of nitrogens with zero attached hydrogens (tertiary/aromatic N) is 2. The predicted octanol–water partition coefficient (Wildman–Crippen LogP) is 3.71. The van der Waals surface area contributed by atoms with Gasteiger partial charge in [0.25, 0.3) is 5.91 Å². The number of carbonyl (C=O) groups excluding carboxylic acids is 1. The van der Waals surface area contributed by atoms with Gasteiger partial charge in [0.2, 0.25) is 0 Å². The number of hydrogen-bond donors (Lipinski definition) is 2. The second-order valence-electron chi connectivity index (χ2n) is 4.93. The Kier molecular flexibility index (Phi) is 5.72. The second-order valence-corrected chi connectivity index (χ2v) is 5.37. The third kappa shape index (κ3) is 4.70. The van der Waals surface area contributed by atoms with E-state index < -0.39 is 0 Å². The van der Waals surface area contributed by atoms with Gasteiger partial charge < -0.3 is 10.6 Å². The van der Waals surface area contributed by atoms with Crippen molar-refractivity contribution < 1.29 is 4.79 Å². The van der Waals surface area contributed by atoms with Crippen LogP contribution in [0.4, 0.5) is 11.5 Å². The number of unbranched alkanes of at least 4 members (excludes halogenated alkanes) is 1. The van der Waals surface area contributed by atoms with Crippen LogP contribution in [-0.2, 0) is 0 Å². The number of benzene rings is 1. The summed E-state index contributed by atoms with van der Waals surface area (Å²) in [5, 5.41) is 6.61. The molecule has 0 aliphatic heterocycles. The van der Waals surface area contributed by atoms with Gasteiger partial charge in [-0.15, -0.1) is 0 Å². The maximum absolute atomic E-state index is 12.1. The average molecular weight is 319 g/mol. The summed E-state index contributed by atoms with van der Waals surface area (Å²) >= 11 is 5.96. The Labute approximate surface area is 135 Å². The molecule has 0 aliphatic carbocycles. The molecule has 0 saturated heterocycles. The van der Waals surface area contributed by atoms with Crippen LogP contribution in [0.15, 0.2) is 30.3 Å². The van der Waals surface area contributed by atoms with E-state index in [0.717, 1.165) is 18.5 Å². The van der Waals surface area contributed by atoms with E-state index in [4.69, 9.17) is 11.6 Å². The fraction of sp³-hybridized carbons (Fsp3) is 0.312. The number of aromatic nitrogens is 2. The van der Waals surface area contributed by atoms with Crippen LogP contribution in [0, 0.1) is 6.92 Å². The molecule has 2 aromatic rings. The molecule has 6 heteroatoms. The van der Waals surface area contributed by atoms with Crippen LogP contribution >= 0.6 is 11.6 Å². The average Bonchev–Trinajstić information content (AvgIpc) is 2.46. The largest absolute Gasteiger partial charge is 0.351 e. The maximum Gasteiger partial charge on any atom is 0.270 e. The van der Waals surface area contributed by atoms with Gasteiger partial charge in [-0.05, 0) is 31.5 Å². The van der Waals surface area contributed by atoms with Gasteiger partial charge in [-0.2, -0.15) is 0 Å². The molecule has 0 spiro atoms. The number of halogens is 1. The molecule has 0 aliphatic rings. The molecular weight excluding hydrogens is 300 g/mol. The highest BCUT2D eigenvalue weighted by Gasteiger charge is 2.10. The third-order valence-corrected chi connectivity index (χ3v) is 3.22.